The smallest absolute Gasteiger partial charge is 0.152 e. The lowest BCUT2D eigenvalue weighted by atomic mass is 10.1. The van der Waals surface area contributed by atoms with Gasteiger partial charge in [0.05, 0.1) is 0 Å². The molecule has 0 aliphatic rings. The number of rotatable bonds is 4. The lowest BCUT2D eigenvalue weighted by Gasteiger charge is -2.09. The van der Waals surface area contributed by atoms with Gasteiger partial charge >= 0.3 is 0 Å². The monoisotopic (exact) mass is 249 g/mol. The van der Waals surface area contributed by atoms with E-state index in [2.05, 4.69) is 15.3 Å². The Kier molecular flexibility index (Phi) is 3.82. The van der Waals surface area contributed by atoms with Crippen LogP contribution >= 0.6 is 0 Å². The molecule has 1 aromatic heterocycles. The van der Waals surface area contributed by atoms with E-state index in [1.54, 1.807) is 0 Å². The lowest BCUT2D eigenvalue weighted by molar-refractivity contribution is 0.584. The van der Waals surface area contributed by atoms with Crippen molar-refractivity contribution in [3.8, 4) is 11.3 Å². The SMILES string of the molecule is CCCNc1nccnc1-c1cc(F)cc(F)c1. The summed E-state index contributed by atoms with van der Waals surface area (Å²) in [6, 6.07) is 3.31. The molecule has 0 spiro atoms. The normalized spacial score (nSPS) is 10.4. The van der Waals surface area contributed by atoms with Gasteiger partial charge in [-0.3, -0.25) is 4.98 Å². The summed E-state index contributed by atoms with van der Waals surface area (Å²) in [5, 5.41) is 3.08. The largest absolute Gasteiger partial charge is 0.368 e. The molecular weight excluding hydrogens is 236 g/mol. The van der Waals surface area contributed by atoms with Gasteiger partial charge in [0.25, 0.3) is 0 Å². The minimum atomic E-state index is -0.628. The molecule has 0 saturated heterocycles. The van der Waals surface area contributed by atoms with Gasteiger partial charge in [-0.15, -0.1) is 0 Å². The van der Waals surface area contributed by atoms with Crippen LogP contribution < -0.4 is 5.32 Å². The average Bonchev–Trinajstić information content (AvgIpc) is 2.35. The molecular formula is C13H13F2N3. The zero-order valence-corrected chi connectivity index (χ0v) is 9.95. The van der Waals surface area contributed by atoms with E-state index in [9.17, 15) is 8.78 Å². The average molecular weight is 249 g/mol. The quantitative estimate of drug-likeness (QED) is 0.903. The van der Waals surface area contributed by atoms with Gasteiger partial charge in [0.15, 0.2) is 5.82 Å². The molecule has 0 saturated carbocycles. The summed E-state index contributed by atoms with van der Waals surface area (Å²) < 4.78 is 26.4. The maximum atomic E-state index is 13.2. The Balaban J connectivity index is 2.42. The molecule has 0 bridgehead atoms. The number of aromatic nitrogens is 2. The fourth-order valence-corrected chi connectivity index (χ4v) is 1.61. The molecule has 3 nitrogen and oxygen atoms in total. The fourth-order valence-electron chi connectivity index (χ4n) is 1.61. The van der Waals surface area contributed by atoms with Gasteiger partial charge in [0.2, 0.25) is 0 Å². The second kappa shape index (κ2) is 5.53. The Labute approximate surface area is 104 Å². The summed E-state index contributed by atoms with van der Waals surface area (Å²) in [5.41, 5.74) is 0.823. The van der Waals surface area contributed by atoms with Crippen molar-refractivity contribution < 1.29 is 8.78 Å². The number of hydrogen-bond acceptors (Lipinski definition) is 3. The number of benzene rings is 1. The summed E-state index contributed by atoms with van der Waals surface area (Å²) >= 11 is 0. The van der Waals surface area contributed by atoms with Crippen LogP contribution in [0.15, 0.2) is 30.6 Å². The van der Waals surface area contributed by atoms with Crippen molar-refractivity contribution in [3.63, 3.8) is 0 Å². The summed E-state index contributed by atoms with van der Waals surface area (Å²) in [6.07, 6.45) is 3.96. The Bertz CT molecular complexity index is 523. The predicted octanol–water partition coefficient (Wildman–Crippen LogP) is 3.24. The number of anilines is 1. The van der Waals surface area contributed by atoms with Crippen LogP contribution in [-0.4, -0.2) is 16.5 Å². The van der Waals surface area contributed by atoms with E-state index in [4.69, 9.17) is 0 Å². The summed E-state index contributed by atoms with van der Waals surface area (Å²) in [6.45, 7) is 2.74. The van der Waals surface area contributed by atoms with Crippen molar-refractivity contribution in [3.05, 3.63) is 42.2 Å². The van der Waals surface area contributed by atoms with Gasteiger partial charge in [-0.1, -0.05) is 6.92 Å². The third-order valence-corrected chi connectivity index (χ3v) is 2.38. The van der Waals surface area contributed by atoms with Crippen molar-refractivity contribution >= 4 is 5.82 Å². The van der Waals surface area contributed by atoms with Gasteiger partial charge in [0.1, 0.15) is 17.3 Å². The van der Waals surface area contributed by atoms with Crippen LogP contribution in [0, 0.1) is 11.6 Å². The van der Waals surface area contributed by atoms with E-state index in [-0.39, 0.29) is 0 Å². The molecule has 1 aromatic carbocycles. The second-order valence-corrected chi connectivity index (χ2v) is 3.84. The van der Waals surface area contributed by atoms with Gasteiger partial charge in [-0.25, -0.2) is 13.8 Å². The highest BCUT2D eigenvalue weighted by Crippen LogP contribution is 2.25. The highest BCUT2D eigenvalue weighted by atomic mass is 19.1. The zero-order chi connectivity index (χ0) is 13.0. The molecule has 1 heterocycles. The van der Waals surface area contributed by atoms with Gasteiger partial charge in [0, 0.05) is 30.6 Å². The number of nitrogens with one attached hydrogen (secondary N) is 1. The highest BCUT2D eigenvalue weighted by molar-refractivity contribution is 5.71. The minimum Gasteiger partial charge on any atom is -0.368 e. The second-order valence-electron chi connectivity index (χ2n) is 3.84. The molecule has 2 aromatic rings. The highest BCUT2D eigenvalue weighted by Gasteiger charge is 2.09. The van der Waals surface area contributed by atoms with Crippen molar-refractivity contribution in [1.82, 2.24) is 9.97 Å². The molecule has 18 heavy (non-hydrogen) atoms. The van der Waals surface area contributed by atoms with Crippen molar-refractivity contribution in [1.29, 1.82) is 0 Å². The third kappa shape index (κ3) is 2.80. The molecule has 2 rings (SSSR count). The van der Waals surface area contributed by atoms with Crippen LogP contribution in [0.4, 0.5) is 14.6 Å². The van der Waals surface area contributed by atoms with Gasteiger partial charge in [-0.2, -0.15) is 0 Å². The first-order valence-corrected chi connectivity index (χ1v) is 5.72. The minimum absolute atomic E-state index is 0.374. The van der Waals surface area contributed by atoms with E-state index in [0.717, 1.165) is 19.0 Å². The van der Waals surface area contributed by atoms with Crippen LogP contribution in [0.25, 0.3) is 11.3 Å². The summed E-state index contributed by atoms with van der Waals surface area (Å²) in [7, 11) is 0. The first-order chi connectivity index (χ1) is 8.70. The molecule has 0 unspecified atom stereocenters. The Hall–Kier alpha value is -2.04. The van der Waals surface area contributed by atoms with Crippen LogP contribution in [-0.2, 0) is 0 Å². The standard InChI is InChI=1S/C13H13F2N3/c1-2-3-17-13-12(16-4-5-18-13)9-6-10(14)8-11(15)7-9/h4-8H,2-3H2,1H3,(H,17,18). The van der Waals surface area contributed by atoms with Gasteiger partial charge in [-0.05, 0) is 18.6 Å². The van der Waals surface area contributed by atoms with Crippen LogP contribution in [0.2, 0.25) is 0 Å². The van der Waals surface area contributed by atoms with Crippen molar-refractivity contribution in [2.45, 2.75) is 13.3 Å². The molecule has 1 N–H and O–H groups in total. The van der Waals surface area contributed by atoms with E-state index >= 15 is 0 Å². The van der Waals surface area contributed by atoms with E-state index in [0.29, 0.717) is 17.1 Å². The maximum Gasteiger partial charge on any atom is 0.152 e. The van der Waals surface area contributed by atoms with Crippen LogP contribution in [0.1, 0.15) is 13.3 Å². The molecule has 0 atom stereocenters. The van der Waals surface area contributed by atoms with Crippen molar-refractivity contribution in [2.24, 2.45) is 0 Å². The Morgan fingerprint density at radius 3 is 2.39 bits per heavy atom. The molecule has 94 valence electrons. The Morgan fingerprint density at radius 1 is 1.06 bits per heavy atom. The third-order valence-electron chi connectivity index (χ3n) is 2.38. The summed E-state index contributed by atoms with van der Waals surface area (Å²) in [5.74, 6) is -0.724. The fraction of sp³-hybridized carbons (Fsp3) is 0.231. The van der Waals surface area contributed by atoms with Gasteiger partial charge < -0.3 is 5.32 Å². The zero-order valence-electron chi connectivity index (χ0n) is 9.95. The topological polar surface area (TPSA) is 37.8 Å². The lowest BCUT2D eigenvalue weighted by Crippen LogP contribution is -2.04. The first-order valence-electron chi connectivity index (χ1n) is 5.72. The van der Waals surface area contributed by atoms with Crippen molar-refractivity contribution in [2.75, 3.05) is 11.9 Å². The molecule has 0 radical (unpaired) electrons. The predicted molar refractivity (Wildman–Crippen MR) is 66.2 cm³/mol. The molecule has 0 amide bonds. The Morgan fingerprint density at radius 2 is 1.72 bits per heavy atom. The molecule has 0 fully saturated rings. The number of halogens is 2. The molecule has 0 aliphatic heterocycles. The van der Waals surface area contributed by atoms with E-state index < -0.39 is 11.6 Å². The van der Waals surface area contributed by atoms with E-state index in [1.807, 2.05) is 6.92 Å². The van der Waals surface area contributed by atoms with Crippen LogP contribution in [0.3, 0.4) is 0 Å². The first kappa shape index (κ1) is 12.4. The summed E-state index contributed by atoms with van der Waals surface area (Å²) in [4.78, 5) is 8.26. The molecule has 0 aliphatic carbocycles. The molecule has 5 heteroatoms. The maximum absolute atomic E-state index is 13.2. The number of nitrogens with zero attached hydrogens (tertiary/aromatic N) is 2. The van der Waals surface area contributed by atoms with E-state index in [1.165, 1.54) is 24.5 Å². The number of hydrogen-bond donors (Lipinski definition) is 1. The van der Waals surface area contributed by atoms with Crippen LogP contribution in [0.5, 0.6) is 0 Å².